The van der Waals surface area contributed by atoms with Crippen LogP contribution in [0.4, 0.5) is 0 Å². The van der Waals surface area contributed by atoms with Crippen LogP contribution in [0.15, 0.2) is 76.6 Å². The van der Waals surface area contributed by atoms with Crippen LogP contribution in [0, 0.1) is 0 Å². The van der Waals surface area contributed by atoms with Crippen molar-refractivity contribution >= 4 is 52.6 Å². The number of rotatable bonds is 9. The van der Waals surface area contributed by atoms with Crippen molar-refractivity contribution in [2.45, 2.75) is 4.90 Å². The van der Waals surface area contributed by atoms with Crippen LogP contribution in [0.2, 0.25) is 5.02 Å². The second-order valence-electron chi connectivity index (χ2n) is 6.31. The maximum Gasteiger partial charge on any atom is 0.267 e. The molecule has 2 N–H and O–H groups in total. The van der Waals surface area contributed by atoms with Gasteiger partial charge in [-0.15, -0.1) is 23.1 Å². The third-order valence-electron chi connectivity index (χ3n) is 4.14. The maximum absolute atomic E-state index is 12.8. The largest absolute Gasteiger partial charge is 0.497 e. The van der Waals surface area contributed by atoms with Crippen LogP contribution in [0.25, 0.3) is 6.08 Å². The minimum atomic E-state index is -0.365. The summed E-state index contributed by atoms with van der Waals surface area (Å²) in [4.78, 5) is 27.3. The minimum absolute atomic E-state index is 0.194. The molecule has 3 aromatic rings. The highest BCUT2D eigenvalue weighted by molar-refractivity contribution is 7.99. The fraction of sp³-hybridized carbons (Fsp3) is 0.130. The van der Waals surface area contributed by atoms with Crippen LogP contribution in [-0.4, -0.2) is 31.2 Å². The molecule has 1 aromatic heterocycles. The van der Waals surface area contributed by atoms with Gasteiger partial charge in [-0.3, -0.25) is 9.59 Å². The molecule has 0 aliphatic rings. The molecule has 0 unspecified atom stereocenters. The smallest absolute Gasteiger partial charge is 0.267 e. The van der Waals surface area contributed by atoms with E-state index in [-0.39, 0.29) is 17.5 Å². The Kier molecular flexibility index (Phi) is 8.58. The van der Waals surface area contributed by atoms with Gasteiger partial charge in [0.05, 0.1) is 7.11 Å². The van der Waals surface area contributed by atoms with E-state index in [0.717, 1.165) is 9.77 Å². The summed E-state index contributed by atoms with van der Waals surface area (Å²) in [6, 6.07) is 18.0. The number of carbonyl (C=O) groups is 2. The van der Waals surface area contributed by atoms with Gasteiger partial charge in [-0.05, 0) is 66.1 Å². The first-order chi connectivity index (χ1) is 15.0. The molecule has 0 saturated carbocycles. The van der Waals surface area contributed by atoms with Gasteiger partial charge in [-0.2, -0.15) is 0 Å². The molecular weight excluding hydrogens is 452 g/mol. The van der Waals surface area contributed by atoms with Gasteiger partial charge in [0.2, 0.25) is 0 Å². The monoisotopic (exact) mass is 472 g/mol. The highest BCUT2D eigenvalue weighted by Gasteiger charge is 2.15. The normalized spacial score (nSPS) is 11.1. The standard InChI is InChI=1S/C23H21ClN2O3S2/c1-29-18-8-4-16(5-9-18)22(27)26-21(15-20-3-2-13-30-20)23(28)25-12-14-31-19-10-6-17(24)7-11-19/h2-11,13,15H,12,14H2,1H3,(H,25,28)(H,26,27)/b21-15-. The van der Waals surface area contributed by atoms with E-state index in [0.29, 0.717) is 28.6 Å². The third kappa shape index (κ3) is 7.17. The average molecular weight is 473 g/mol. The molecule has 0 aliphatic heterocycles. The van der Waals surface area contributed by atoms with Crippen molar-refractivity contribution in [1.29, 1.82) is 0 Å². The van der Waals surface area contributed by atoms with E-state index in [1.807, 2.05) is 41.8 Å². The number of hydrogen-bond donors (Lipinski definition) is 2. The number of hydrogen-bond acceptors (Lipinski definition) is 5. The Morgan fingerprint density at radius 1 is 1.10 bits per heavy atom. The Labute approximate surface area is 194 Å². The predicted octanol–water partition coefficient (Wildman–Crippen LogP) is 5.09. The number of amides is 2. The van der Waals surface area contributed by atoms with Crippen molar-refractivity contribution in [2.24, 2.45) is 0 Å². The number of benzene rings is 2. The van der Waals surface area contributed by atoms with Crippen molar-refractivity contribution in [3.8, 4) is 5.75 Å². The minimum Gasteiger partial charge on any atom is -0.497 e. The summed E-state index contributed by atoms with van der Waals surface area (Å²) in [5.41, 5.74) is 0.628. The maximum atomic E-state index is 12.8. The number of thioether (sulfide) groups is 1. The second kappa shape index (κ2) is 11.6. The van der Waals surface area contributed by atoms with Crippen LogP contribution >= 0.6 is 34.7 Å². The van der Waals surface area contributed by atoms with Crippen molar-refractivity contribution in [3.63, 3.8) is 0 Å². The van der Waals surface area contributed by atoms with E-state index in [9.17, 15) is 9.59 Å². The van der Waals surface area contributed by atoms with Gasteiger partial charge in [-0.25, -0.2) is 0 Å². The summed E-state index contributed by atoms with van der Waals surface area (Å²) in [6.07, 6.45) is 1.67. The average Bonchev–Trinajstić information content (AvgIpc) is 3.30. The molecule has 0 radical (unpaired) electrons. The number of thiophene rings is 1. The van der Waals surface area contributed by atoms with Crippen LogP contribution in [-0.2, 0) is 4.79 Å². The summed E-state index contributed by atoms with van der Waals surface area (Å²) in [5.74, 6) is 0.636. The fourth-order valence-corrected chi connectivity index (χ4v) is 4.12. The molecule has 31 heavy (non-hydrogen) atoms. The van der Waals surface area contributed by atoms with E-state index < -0.39 is 0 Å². The first-order valence-electron chi connectivity index (χ1n) is 9.42. The van der Waals surface area contributed by atoms with Gasteiger partial charge in [0.25, 0.3) is 11.8 Å². The van der Waals surface area contributed by atoms with Crippen molar-refractivity contribution in [2.75, 3.05) is 19.4 Å². The second-order valence-corrected chi connectivity index (χ2v) is 8.90. The Morgan fingerprint density at radius 2 is 1.84 bits per heavy atom. The van der Waals surface area contributed by atoms with Crippen molar-refractivity contribution < 1.29 is 14.3 Å². The van der Waals surface area contributed by atoms with Gasteiger partial charge in [0.1, 0.15) is 11.4 Å². The third-order valence-corrected chi connectivity index (χ3v) is 6.23. The Hall–Kier alpha value is -2.74. The Balaban J connectivity index is 1.61. The summed E-state index contributed by atoms with van der Waals surface area (Å²) < 4.78 is 5.12. The predicted molar refractivity (Wildman–Crippen MR) is 128 cm³/mol. The SMILES string of the molecule is COc1ccc(C(=O)N/C(=C\c2cccs2)C(=O)NCCSc2ccc(Cl)cc2)cc1. The molecule has 0 atom stereocenters. The lowest BCUT2D eigenvalue weighted by atomic mass is 10.2. The molecule has 0 bridgehead atoms. The van der Waals surface area contributed by atoms with Crippen molar-refractivity contribution in [1.82, 2.24) is 10.6 Å². The molecule has 160 valence electrons. The summed E-state index contributed by atoms with van der Waals surface area (Å²) in [5, 5.41) is 8.20. The molecular formula is C23H21ClN2O3S2. The molecule has 2 aromatic carbocycles. The first kappa shape index (κ1) is 22.9. The van der Waals surface area contributed by atoms with E-state index in [4.69, 9.17) is 16.3 Å². The van der Waals surface area contributed by atoms with Crippen LogP contribution < -0.4 is 15.4 Å². The van der Waals surface area contributed by atoms with E-state index in [1.54, 1.807) is 49.2 Å². The molecule has 0 spiro atoms. The topological polar surface area (TPSA) is 67.4 Å². The molecule has 8 heteroatoms. The lowest BCUT2D eigenvalue weighted by Crippen LogP contribution is -2.35. The lowest BCUT2D eigenvalue weighted by Gasteiger charge is -2.11. The van der Waals surface area contributed by atoms with E-state index in [1.165, 1.54) is 11.3 Å². The van der Waals surface area contributed by atoms with Crippen LogP contribution in [0.3, 0.4) is 0 Å². The zero-order valence-corrected chi connectivity index (χ0v) is 19.2. The summed E-state index contributed by atoms with van der Waals surface area (Å²) in [7, 11) is 1.56. The first-order valence-corrected chi connectivity index (χ1v) is 11.7. The molecule has 0 aliphatic carbocycles. The van der Waals surface area contributed by atoms with Gasteiger partial charge in [0.15, 0.2) is 0 Å². The molecule has 0 saturated heterocycles. The van der Waals surface area contributed by atoms with Crippen LogP contribution in [0.1, 0.15) is 15.2 Å². The van der Waals surface area contributed by atoms with Gasteiger partial charge < -0.3 is 15.4 Å². The summed E-state index contributed by atoms with van der Waals surface area (Å²) >= 11 is 8.99. The molecule has 0 fully saturated rings. The number of nitrogens with one attached hydrogen (secondary N) is 2. The molecule has 3 rings (SSSR count). The highest BCUT2D eigenvalue weighted by atomic mass is 35.5. The van der Waals surface area contributed by atoms with Gasteiger partial charge in [0, 0.05) is 32.7 Å². The zero-order chi connectivity index (χ0) is 22.1. The van der Waals surface area contributed by atoms with E-state index >= 15 is 0 Å². The Morgan fingerprint density at radius 3 is 2.48 bits per heavy atom. The highest BCUT2D eigenvalue weighted by Crippen LogP contribution is 2.20. The van der Waals surface area contributed by atoms with E-state index in [2.05, 4.69) is 10.6 Å². The summed E-state index contributed by atoms with van der Waals surface area (Å²) in [6.45, 7) is 0.451. The van der Waals surface area contributed by atoms with Crippen LogP contribution in [0.5, 0.6) is 5.75 Å². The lowest BCUT2D eigenvalue weighted by molar-refractivity contribution is -0.117. The van der Waals surface area contributed by atoms with Gasteiger partial charge >= 0.3 is 0 Å². The molecule has 2 amide bonds. The fourth-order valence-electron chi connectivity index (χ4n) is 2.57. The Bertz CT molecular complexity index is 1030. The number of methoxy groups -OCH3 is 1. The number of carbonyl (C=O) groups excluding carboxylic acids is 2. The number of halogens is 1. The number of ether oxygens (including phenoxy) is 1. The van der Waals surface area contributed by atoms with Gasteiger partial charge in [-0.1, -0.05) is 17.7 Å². The quantitative estimate of drug-likeness (QED) is 0.258. The molecule has 1 heterocycles. The molecule has 5 nitrogen and oxygen atoms in total. The van der Waals surface area contributed by atoms with Crippen molar-refractivity contribution in [3.05, 3.63) is 87.2 Å². The zero-order valence-electron chi connectivity index (χ0n) is 16.8.